The van der Waals surface area contributed by atoms with Gasteiger partial charge in [-0.1, -0.05) is 24.3 Å². The summed E-state index contributed by atoms with van der Waals surface area (Å²) in [6.07, 6.45) is -0.587. The molecule has 2 nitrogen and oxygen atoms in total. The van der Waals surface area contributed by atoms with E-state index in [-0.39, 0.29) is 5.82 Å². The average molecular weight is 325 g/mol. The molecule has 0 aliphatic heterocycles. The van der Waals surface area contributed by atoms with Crippen LogP contribution in [0.1, 0.15) is 24.2 Å². The molecule has 1 N–H and O–H groups in total. The fourth-order valence-corrected chi connectivity index (χ4v) is 2.17. The highest BCUT2D eigenvalue weighted by molar-refractivity contribution is 9.10. The summed E-state index contributed by atoms with van der Waals surface area (Å²) in [6.45, 7) is 2.01. The molecule has 0 radical (unpaired) electrons. The van der Waals surface area contributed by atoms with Crippen LogP contribution < -0.4 is 4.74 Å². The lowest BCUT2D eigenvalue weighted by Gasteiger charge is -2.13. The van der Waals surface area contributed by atoms with Gasteiger partial charge in [0.1, 0.15) is 18.2 Å². The Kier molecular flexibility index (Phi) is 4.56. The quantitative estimate of drug-likeness (QED) is 0.912. The molecule has 0 fully saturated rings. The van der Waals surface area contributed by atoms with Gasteiger partial charge in [0, 0.05) is 5.56 Å². The normalized spacial score (nSPS) is 12.2. The van der Waals surface area contributed by atoms with Crippen LogP contribution in [-0.2, 0) is 6.61 Å². The molecule has 0 aliphatic carbocycles. The van der Waals surface area contributed by atoms with E-state index in [2.05, 4.69) is 15.9 Å². The molecule has 0 spiro atoms. The van der Waals surface area contributed by atoms with Gasteiger partial charge in [-0.3, -0.25) is 0 Å². The van der Waals surface area contributed by atoms with Crippen LogP contribution in [0.3, 0.4) is 0 Å². The van der Waals surface area contributed by atoms with Crippen molar-refractivity contribution in [1.29, 1.82) is 0 Å². The minimum Gasteiger partial charge on any atom is -0.489 e. The Labute approximate surface area is 120 Å². The van der Waals surface area contributed by atoms with E-state index in [0.717, 1.165) is 11.1 Å². The summed E-state index contributed by atoms with van der Waals surface area (Å²) in [5.41, 5.74) is 1.59. The van der Waals surface area contributed by atoms with Crippen molar-refractivity contribution in [2.75, 3.05) is 0 Å². The maximum atomic E-state index is 13.1. The van der Waals surface area contributed by atoms with Crippen molar-refractivity contribution < 1.29 is 14.2 Å². The number of para-hydroxylation sites is 1. The Morgan fingerprint density at radius 2 is 2.00 bits per heavy atom. The van der Waals surface area contributed by atoms with Gasteiger partial charge in [-0.15, -0.1) is 0 Å². The molecule has 0 aromatic heterocycles. The van der Waals surface area contributed by atoms with Gasteiger partial charge >= 0.3 is 0 Å². The van der Waals surface area contributed by atoms with Crippen molar-refractivity contribution in [3.05, 3.63) is 63.9 Å². The van der Waals surface area contributed by atoms with Crippen LogP contribution in [0.4, 0.5) is 4.39 Å². The number of benzene rings is 2. The first kappa shape index (κ1) is 14.0. The molecule has 0 unspecified atom stereocenters. The number of aliphatic hydroxyl groups is 1. The molecule has 1 atom stereocenters. The second-order valence-electron chi connectivity index (χ2n) is 4.25. The molecule has 0 amide bonds. The van der Waals surface area contributed by atoms with Crippen molar-refractivity contribution in [3.63, 3.8) is 0 Å². The Bertz CT molecular complexity index is 570. The molecular formula is C15H14BrFO2. The number of hydrogen-bond acceptors (Lipinski definition) is 2. The van der Waals surface area contributed by atoms with E-state index in [1.165, 1.54) is 6.07 Å². The Morgan fingerprint density at radius 3 is 2.68 bits per heavy atom. The highest BCUT2D eigenvalue weighted by Gasteiger charge is 2.08. The zero-order chi connectivity index (χ0) is 13.8. The van der Waals surface area contributed by atoms with Crippen LogP contribution in [0.15, 0.2) is 46.9 Å². The standard InChI is InChI=1S/C15H14BrFO2/c1-10(18)12-4-2-3-5-15(12)19-9-11-6-7-14(17)13(16)8-11/h2-8,10,18H,9H2,1H3/t10-/m1/s1. The molecule has 2 rings (SSSR count). The first-order valence-electron chi connectivity index (χ1n) is 5.91. The van der Waals surface area contributed by atoms with Gasteiger partial charge in [0.05, 0.1) is 10.6 Å². The maximum Gasteiger partial charge on any atom is 0.137 e. The lowest BCUT2D eigenvalue weighted by molar-refractivity contribution is 0.190. The first-order chi connectivity index (χ1) is 9.08. The minimum atomic E-state index is -0.587. The summed E-state index contributed by atoms with van der Waals surface area (Å²) >= 11 is 3.14. The number of ether oxygens (including phenoxy) is 1. The Balaban J connectivity index is 2.12. The van der Waals surface area contributed by atoms with Gasteiger partial charge in [0.15, 0.2) is 0 Å². The van der Waals surface area contributed by atoms with Crippen molar-refractivity contribution in [3.8, 4) is 5.75 Å². The van der Waals surface area contributed by atoms with Crippen molar-refractivity contribution in [1.82, 2.24) is 0 Å². The number of rotatable bonds is 4. The van der Waals surface area contributed by atoms with Gasteiger partial charge in [0.2, 0.25) is 0 Å². The van der Waals surface area contributed by atoms with Gasteiger partial charge in [-0.05, 0) is 46.6 Å². The largest absolute Gasteiger partial charge is 0.489 e. The monoisotopic (exact) mass is 324 g/mol. The van der Waals surface area contributed by atoms with E-state index in [9.17, 15) is 9.50 Å². The summed E-state index contributed by atoms with van der Waals surface area (Å²) in [4.78, 5) is 0. The third-order valence-electron chi connectivity index (χ3n) is 2.75. The predicted octanol–water partition coefficient (Wildman–Crippen LogP) is 4.22. The van der Waals surface area contributed by atoms with E-state index in [4.69, 9.17) is 4.74 Å². The summed E-state index contributed by atoms with van der Waals surface area (Å²) < 4.78 is 19.2. The van der Waals surface area contributed by atoms with E-state index in [1.807, 2.05) is 18.2 Å². The molecule has 4 heteroatoms. The predicted molar refractivity (Wildman–Crippen MR) is 75.5 cm³/mol. The fraction of sp³-hybridized carbons (Fsp3) is 0.200. The summed E-state index contributed by atoms with van der Waals surface area (Å²) in [7, 11) is 0. The van der Waals surface area contributed by atoms with E-state index < -0.39 is 6.10 Å². The second-order valence-corrected chi connectivity index (χ2v) is 5.11. The topological polar surface area (TPSA) is 29.5 Å². The van der Waals surface area contributed by atoms with Crippen molar-refractivity contribution in [2.45, 2.75) is 19.6 Å². The number of halogens is 2. The number of aliphatic hydroxyl groups excluding tert-OH is 1. The zero-order valence-corrected chi connectivity index (χ0v) is 12.0. The van der Waals surface area contributed by atoms with Crippen LogP contribution in [0.25, 0.3) is 0 Å². The van der Waals surface area contributed by atoms with Gasteiger partial charge in [-0.25, -0.2) is 4.39 Å². The minimum absolute atomic E-state index is 0.298. The first-order valence-corrected chi connectivity index (χ1v) is 6.71. The average Bonchev–Trinajstić information content (AvgIpc) is 2.40. The molecule has 100 valence electrons. The van der Waals surface area contributed by atoms with Crippen molar-refractivity contribution in [2.24, 2.45) is 0 Å². The molecule has 19 heavy (non-hydrogen) atoms. The van der Waals surface area contributed by atoms with Crippen LogP contribution in [0.5, 0.6) is 5.75 Å². The molecule has 0 heterocycles. The third-order valence-corrected chi connectivity index (χ3v) is 3.36. The van der Waals surface area contributed by atoms with Gasteiger partial charge in [-0.2, -0.15) is 0 Å². The maximum absolute atomic E-state index is 13.1. The Hall–Kier alpha value is -1.39. The molecule has 0 aliphatic rings. The summed E-state index contributed by atoms with van der Waals surface area (Å²) in [5.74, 6) is 0.339. The van der Waals surface area contributed by atoms with Crippen LogP contribution in [-0.4, -0.2) is 5.11 Å². The molecule has 0 saturated heterocycles. The highest BCUT2D eigenvalue weighted by atomic mass is 79.9. The zero-order valence-electron chi connectivity index (χ0n) is 10.4. The molecular weight excluding hydrogens is 311 g/mol. The van der Waals surface area contributed by atoms with E-state index >= 15 is 0 Å². The van der Waals surface area contributed by atoms with E-state index in [1.54, 1.807) is 25.1 Å². The third kappa shape index (κ3) is 3.55. The van der Waals surface area contributed by atoms with Crippen LogP contribution in [0, 0.1) is 5.82 Å². The molecule has 0 saturated carbocycles. The van der Waals surface area contributed by atoms with Crippen LogP contribution >= 0.6 is 15.9 Å². The summed E-state index contributed by atoms with van der Waals surface area (Å²) in [5, 5.41) is 9.65. The lowest BCUT2D eigenvalue weighted by Crippen LogP contribution is -2.01. The lowest BCUT2D eigenvalue weighted by atomic mass is 10.1. The molecule has 0 bridgehead atoms. The second kappa shape index (κ2) is 6.17. The molecule has 2 aromatic rings. The number of hydrogen-bond donors (Lipinski definition) is 1. The molecule has 2 aromatic carbocycles. The Morgan fingerprint density at radius 1 is 1.26 bits per heavy atom. The van der Waals surface area contributed by atoms with Crippen molar-refractivity contribution >= 4 is 15.9 Å². The van der Waals surface area contributed by atoms with Gasteiger partial charge in [0.25, 0.3) is 0 Å². The van der Waals surface area contributed by atoms with Crippen LogP contribution in [0.2, 0.25) is 0 Å². The summed E-state index contributed by atoms with van der Waals surface area (Å²) in [6, 6.07) is 12.1. The highest BCUT2D eigenvalue weighted by Crippen LogP contribution is 2.26. The fourth-order valence-electron chi connectivity index (χ4n) is 1.75. The SMILES string of the molecule is C[C@@H](O)c1ccccc1OCc1ccc(F)c(Br)c1. The van der Waals surface area contributed by atoms with Gasteiger partial charge < -0.3 is 9.84 Å². The smallest absolute Gasteiger partial charge is 0.137 e. The van der Waals surface area contributed by atoms with E-state index in [0.29, 0.717) is 16.8 Å².